The molecule has 1 atom stereocenters. The van der Waals surface area contributed by atoms with Crippen molar-refractivity contribution in [2.45, 2.75) is 25.9 Å². The molecular formula is C29H29N3O7. The summed E-state index contributed by atoms with van der Waals surface area (Å²) in [7, 11) is 3.07. The number of imide groups is 1. The van der Waals surface area contributed by atoms with Gasteiger partial charge in [-0.3, -0.25) is 9.59 Å². The molecule has 1 N–H and O–H groups in total. The molecule has 0 radical (unpaired) electrons. The van der Waals surface area contributed by atoms with Gasteiger partial charge in [0.1, 0.15) is 17.5 Å². The van der Waals surface area contributed by atoms with Crippen molar-refractivity contribution in [2.75, 3.05) is 31.0 Å². The second-order valence-electron chi connectivity index (χ2n) is 8.70. The van der Waals surface area contributed by atoms with Gasteiger partial charge in [-0.15, -0.1) is 0 Å². The Kier molecular flexibility index (Phi) is 8.45. The van der Waals surface area contributed by atoms with Crippen molar-refractivity contribution in [2.24, 2.45) is 0 Å². The fourth-order valence-electron chi connectivity index (χ4n) is 4.24. The van der Waals surface area contributed by atoms with Crippen molar-refractivity contribution in [3.8, 4) is 11.5 Å². The van der Waals surface area contributed by atoms with Gasteiger partial charge in [-0.1, -0.05) is 12.1 Å². The number of carbonyl (C=O) groups excluding carboxylic acids is 4. The first-order valence-electron chi connectivity index (χ1n) is 12.3. The Labute approximate surface area is 226 Å². The van der Waals surface area contributed by atoms with Crippen LogP contribution in [0.1, 0.15) is 29.3 Å². The average Bonchev–Trinajstić information content (AvgIpc) is 3.17. The molecule has 202 valence electrons. The molecule has 3 aromatic carbocycles. The molecule has 10 nitrogen and oxygen atoms in total. The van der Waals surface area contributed by atoms with Crippen LogP contribution < -0.4 is 19.7 Å². The van der Waals surface area contributed by atoms with E-state index in [1.165, 1.54) is 12.0 Å². The standard InChI is InChI=1S/C29H29N3O7/c1-4-39-28(35)20-8-10-21(11-9-20)30-26(33)17-25-27(34)32(22-12-14-23(37-2)15-13-22)29(36)31(25)18-19-6-5-7-24(16-19)38-3/h5-16,25H,4,17-18H2,1-3H3,(H,30,33)/t25-/m0/s1. The van der Waals surface area contributed by atoms with Crippen molar-refractivity contribution in [1.29, 1.82) is 0 Å². The number of amides is 4. The molecule has 1 aliphatic heterocycles. The van der Waals surface area contributed by atoms with Crippen molar-refractivity contribution in [3.05, 3.63) is 83.9 Å². The number of anilines is 2. The van der Waals surface area contributed by atoms with Crippen LogP contribution in [0.2, 0.25) is 0 Å². The van der Waals surface area contributed by atoms with Gasteiger partial charge in [0.2, 0.25) is 5.91 Å². The van der Waals surface area contributed by atoms with Crippen molar-refractivity contribution in [1.82, 2.24) is 4.90 Å². The molecule has 1 aliphatic rings. The van der Waals surface area contributed by atoms with E-state index in [1.807, 2.05) is 6.07 Å². The summed E-state index contributed by atoms with van der Waals surface area (Å²) >= 11 is 0. The number of methoxy groups -OCH3 is 2. The highest BCUT2D eigenvalue weighted by Crippen LogP contribution is 2.30. The number of ether oxygens (including phenoxy) is 3. The van der Waals surface area contributed by atoms with Crippen molar-refractivity contribution >= 4 is 35.2 Å². The number of nitrogens with zero attached hydrogens (tertiary/aromatic N) is 2. The summed E-state index contributed by atoms with van der Waals surface area (Å²) in [5.41, 5.74) is 1.91. The minimum Gasteiger partial charge on any atom is -0.497 e. The normalized spacial score (nSPS) is 14.8. The number of rotatable bonds is 10. The number of nitrogens with one attached hydrogen (secondary N) is 1. The maximum Gasteiger partial charge on any atom is 0.338 e. The molecule has 3 aromatic rings. The van der Waals surface area contributed by atoms with Crippen LogP contribution in [0.3, 0.4) is 0 Å². The van der Waals surface area contributed by atoms with E-state index in [1.54, 1.807) is 80.8 Å². The summed E-state index contributed by atoms with van der Waals surface area (Å²) in [6, 6.07) is 18.4. The Morgan fingerprint density at radius 3 is 2.23 bits per heavy atom. The molecule has 0 spiro atoms. The van der Waals surface area contributed by atoms with E-state index in [0.717, 1.165) is 10.5 Å². The highest BCUT2D eigenvalue weighted by atomic mass is 16.5. The third kappa shape index (κ3) is 6.18. The fourth-order valence-corrected chi connectivity index (χ4v) is 4.24. The number of benzene rings is 3. The quantitative estimate of drug-likeness (QED) is 0.307. The summed E-state index contributed by atoms with van der Waals surface area (Å²) in [6.07, 6.45) is -0.263. The number of esters is 1. The Bertz CT molecular complexity index is 1360. The minimum absolute atomic E-state index is 0.0978. The predicted octanol–water partition coefficient (Wildman–Crippen LogP) is 4.25. The van der Waals surface area contributed by atoms with Crippen LogP contribution in [-0.2, 0) is 20.9 Å². The lowest BCUT2D eigenvalue weighted by molar-refractivity contribution is -0.124. The SMILES string of the molecule is CCOC(=O)c1ccc(NC(=O)C[C@H]2C(=O)N(c3ccc(OC)cc3)C(=O)N2Cc2cccc(OC)c2)cc1. The average molecular weight is 532 g/mol. The first kappa shape index (κ1) is 27.2. The molecule has 1 saturated heterocycles. The zero-order valence-electron chi connectivity index (χ0n) is 21.9. The fraction of sp³-hybridized carbons (Fsp3) is 0.241. The zero-order valence-corrected chi connectivity index (χ0v) is 21.9. The van der Waals surface area contributed by atoms with Gasteiger partial charge in [0.15, 0.2) is 0 Å². The molecule has 1 heterocycles. The van der Waals surface area contributed by atoms with Crippen LogP contribution in [0.25, 0.3) is 0 Å². The summed E-state index contributed by atoms with van der Waals surface area (Å²) in [5.74, 6) is -0.246. The third-order valence-corrected chi connectivity index (χ3v) is 6.19. The second-order valence-corrected chi connectivity index (χ2v) is 8.70. The van der Waals surface area contributed by atoms with Gasteiger partial charge < -0.3 is 24.4 Å². The van der Waals surface area contributed by atoms with Crippen LogP contribution in [-0.4, -0.2) is 55.6 Å². The van der Waals surface area contributed by atoms with E-state index in [2.05, 4.69) is 5.32 Å². The number of hydrogen-bond donors (Lipinski definition) is 1. The lowest BCUT2D eigenvalue weighted by Crippen LogP contribution is -2.37. The van der Waals surface area contributed by atoms with Crippen LogP contribution in [0.4, 0.5) is 16.2 Å². The van der Waals surface area contributed by atoms with E-state index in [-0.39, 0.29) is 19.6 Å². The highest BCUT2D eigenvalue weighted by molar-refractivity contribution is 6.22. The second kappa shape index (κ2) is 12.1. The Hall–Kier alpha value is -4.86. The monoisotopic (exact) mass is 531 g/mol. The molecule has 0 bridgehead atoms. The van der Waals surface area contributed by atoms with Crippen molar-refractivity contribution in [3.63, 3.8) is 0 Å². The molecule has 4 amide bonds. The minimum atomic E-state index is -1.04. The summed E-state index contributed by atoms with van der Waals surface area (Å²) in [5, 5.41) is 2.74. The van der Waals surface area contributed by atoms with Gasteiger partial charge >= 0.3 is 12.0 Å². The van der Waals surface area contributed by atoms with Gasteiger partial charge in [0, 0.05) is 12.2 Å². The molecule has 0 aromatic heterocycles. The molecule has 10 heteroatoms. The van der Waals surface area contributed by atoms with Crippen LogP contribution in [0.5, 0.6) is 11.5 Å². The van der Waals surface area contributed by atoms with Gasteiger partial charge in [-0.05, 0) is 73.2 Å². The first-order chi connectivity index (χ1) is 18.8. The topological polar surface area (TPSA) is 114 Å². The lowest BCUT2D eigenvalue weighted by atomic mass is 10.1. The maximum absolute atomic E-state index is 13.5. The highest BCUT2D eigenvalue weighted by Gasteiger charge is 2.46. The Morgan fingerprint density at radius 2 is 1.59 bits per heavy atom. The Balaban J connectivity index is 1.56. The molecular weight excluding hydrogens is 502 g/mol. The van der Waals surface area contributed by atoms with Crippen LogP contribution in [0.15, 0.2) is 72.8 Å². The summed E-state index contributed by atoms with van der Waals surface area (Å²) in [6.45, 7) is 2.07. The van der Waals surface area contributed by atoms with Gasteiger partial charge in [0.25, 0.3) is 5.91 Å². The number of hydrogen-bond acceptors (Lipinski definition) is 7. The van der Waals surface area contributed by atoms with Gasteiger partial charge in [0.05, 0.1) is 38.5 Å². The lowest BCUT2D eigenvalue weighted by Gasteiger charge is -2.22. The molecule has 0 unspecified atom stereocenters. The molecule has 0 aliphatic carbocycles. The van der Waals surface area contributed by atoms with E-state index in [0.29, 0.717) is 28.4 Å². The predicted molar refractivity (Wildman–Crippen MR) is 144 cm³/mol. The van der Waals surface area contributed by atoms with E-state index in [9.17, 15) is 19.2 Å². The van der Waals surface area contributed by atoms with Gasteiger partial charge in [-0.2, -0.15) is 0 Å². The molecule has 4 rings (SSSR count). The summed E-state index contributed by atoms with van der Waals surface area (Å²) in [4.78, 5) is 54.4. The number of carbonyl (C=O) groups is 4. The summed E-state index contributed by atoms with van der Waals surface area (Å²) < 4.78 is 15.4. The van der Waals surface area contributed by atoms with E-state index in [4.69, 9.17) is 14.2 Å². The van der Waals surface area contributed by atoms with Gasteiger partial charge in [-0.25, -0.2) is 14.5 Å². The number of urea groups is 1. The van der Waals surface area contributed by atoms with Crippen molar-refractivity contribution < 1.29 is 33.4 Å². The molecule has 0 saturated carbocycles. The zero-order chi connectivity index (χ0) is 27.9. The smallest absolute Gasteiger partial charge is 0.338 e. The van der Waals surface area contributed by atoms with Crippen LogP contribution in [0, 0.1) is 0 Å². The first-order valence-corrected chi connectivity index (χ1v) is 12.3. The molecule has 39 heavy (non-hydrogen) atoms. The maximum atomic E-state index is 13.5. The molecule has 1 fully saturated rings. The largest absolute Gasteiger partial charge is 0.497 e. The van der Waals surface area contributed by atoms with E-state index < -0.39 is 29.9 Å². The Morgan fingerprint density at radius 1 is 0.897 bits per heavy atom. The van der Waals surface area contributed by atoms with Crippen LogP contribution >= 0.6 is 0 Å². The van der Waals surface area contributed by atoms with E-state index >= 15 is 0 Å². The third-order valence-electron chi connectivity index (χ3n) is 6.19.